The lowest BCUT2D eigenvalue weighted by molar-refractivity contribution is 0.478. The van der Waals surface area contributed by atoms with Gasteiger partial charge in [0.05, 0.1) is 16.4 Å². The molecule has 1 aliphatic heterocycles. The molecule has 0 bridgehead atoms. The van der Waals surface area contributed by atoms with Crippen molar-refractivity contribution in [2.45, 2.75) is 18.9 Å². The first-order valence-electron chi connectivity index (χ1n) is 7.37. The molecule has 0 saturated carbocycles. The van der Waals surface area contributed by atoms with Gasteiger partial charge in [-0.2, -0.15) is 10.2 Å². The van der Waals surface area contributed by atoms with Crippen molar-refractivity contribution in [2.24, 2.45) is 0 Å². The van der Waals surface area contributed by atoms with Crippen LogP contribution in [0.3, 0.4) is 0 Å². The second kappa shape index (κ2) is 7.35. The van der Waals surface area contributed by atoms with Crippen molar-refractivity contribution in [1.29, 1.82) is 5.26 Å². The average molecular weight is 374 g/mol. The molecular weight excluding hydrogens is 358 g/mol. The van der Waals surface area contributed by atoms with Crippen LogP contribution in [0.5, 0.6) is 0 Å². The molecule has 3 heterocycles. The topological polar surface area (TPSA) is 98.5 Å². The number of anilines is 3. The maximum atomic E-state index is 8.77. The molecule has 7 nitrogen and oxygen atoms in total. The Bertz CT molecular complexity index is 705. The Labute approximate surface area is 142 Å². The zero-order chi connectivity index (χ0) is 16.1. The lowest BCUT2D eigenvalue weighted by atomic mass is 10.1. The molecule has 0 aliphatic carbocycles. The number of aromatic nitrogens is 3. The predicted molar refractivity (Wildman–Crippen MR) is 91.5 cm³/mol. The number of nitriles is 1. The van der Waals surface area contributed by atoms with Crippen LogP contribution in [0.4, 0.5) is 17.5 Å². The van der Waals surface area contributed by atoms with Gasteiger partial charge in [-0.25, -0.2) is 9.97 Å². The van der Waals surface area contributed by atoms with Crippen LogP contribution in [0.25, 0.3) is 0 Å². The monoisotopic (exact) mass is 373 g/mol. The highest BCUT2D eigenvalue weighted by molar-refractivity contribution is 9.10. The SMILES string of the molecule is N#Cc1ccc(Nc2ncc(Br)c(NC3CCNCC3)n2)cn1. The van der Waals surface area contributed by atoms with E-state index in [4.69, 9.17) is 5.26 Å². The van der Waals surface area contributed by atoms with E-state index < -0.39 is 0 Å². The smallest absolute Gasteiger partial charge is 0.229 e. The first-order chi connectivity index (χ1) is 11.2. The van der Waals surface area contributed by atoms with Gasteiger partial charge in [0.25, 0.3) is 0 Å². The fourth-order valence-corrected chi connectivity index (χ4v) is 2.66. The first kappa shape index (κ1) is 15.6. The van der Waals surface area contributed by atoms with Crippen molar-refractivity contribution in [3.05, 3.63) is 34.7 Å². The van der Waals surface area contributed by atoms with E-state index in [9.17, 15) is 0 Å². The van der Waals surface area contributed by atoms with Gasteiger partial charge in [0.15, 0.2) is 0 Å². The zero-order valence-electron chi connectivity index (χ0n) is 12.4. The third-order valence-corrected chi connectivity index (χ3v) is 4.14. The van der Waals surface area contributed by atoms with Gasteiger partial charge in [-0.1, -0.05) is 0 Å². The largest absolute Gasteiger partial charge is 0.366 e. The lowest BCUT2D eigenvalue weighted by Gasteiger charge is -2.24. The summed E-state index contributed by atoms with van der Waals surface area (Å²) in [6.07, 6.45) is 5.44. The molecule has 0 atom stereocenters. The highest BCUT2D eigenvalue weighted by Crippen LogP contribution is 2.23. The zero-order valence-corrected chi connectivity index (χ0v) is 14.0. The third-order valence-electron chi connectivity index (χ3n) is 3.56. The summed E-state index contributed by atoms with van der Waals surface area (Å²) in [5, 5.41) is 18.7. The van der Waals surface area contributed by atoms with Crippen molar-refractivity contribution < 1.29 is 0 Å². The number of rotatable bonds is 4. The Balaban J connectivity index is 1.72. The van der Waals surface area contributed by atoms with Gasteiger partial charge < -0.3 is 16.0 Å². The lowest BCUT2D eigenvalue weighted by Crippen LogP contribution is -2.35. The van der Waals surface area contributed by atoms with Crippen molar-refractivity contribution in [3.63, 3.8) is 0 Å². The number of halogens is 1. The molecule has 0 spiro atoms. The summed E-state index contributed by atoms with van der Waals surface area (Å²) in [6, 6.07) is 5.82. The summed E-state index contributed by atoms with van der Waals surface area (Å²) in [4.78, 5) is 12.8. The van der Waals surface area contributed by atoms with Crippen molar-refractivity contribution in [3.8, 4) is 6.07 Å². The van der Waals surface area contributed by atoms with E-state index in [1.54, 1.807) is 24.5 Å². The van der Waals surface area contributed by atoms with Crippen LogP contribution in [-0.2, 0) is 0 Å². The molecule has 0 amide bonds. The third kappa shape index (κ3) is 4.15. The van der Waals surface area contributed by atoms with Crippen LogP contribution in [0.1, 0.15) is 18.5 Å². The number of piperidine rings is 1. The van der Waals surface area contributed by atoms with E-state index in [0.717, 1.165) is 41.9 Å². The quantitative estimate of drug-likeness (QED) is 0.756. The minimum Gasteiger partial charge on any atom is -0.366 e. The Morgan fingerprint density at radius 3 is 2.74 bits per heavy atom. The Morgan fingerprint density at radius 2 is 2.04 bits per heavy atom. The molecule has 2 aromatic rings. The molecule has 1 fully saturated rings. The molecule has 118 valence electrons. The molecule has 0 aromatic carbocycles. The van der Waals surface area contributed by atoms with Crippen molar-refractivity contribution in [1.82, 2.24) is 20.3 Å². The summed E-state index contributed by atoms with van der Waals surface area (Å²) in [7, 11) is 0. The summed E-state index contributed by atoms with van der Waals surface area (Å²) in [5.41, 5.74) is 1.11. The van der Waals surface area contributed by atoms with E-state index in [0.29, 0.717) is 17.7 Å². The number of nitrogens with one attached hydrogen (secondary N) is 3. The minimum atomic E-state index is 0.375. The normalized spacial score (nSPS) is 15.0. The molecular formula is C15H16BrN7. The van der Waals surface area contributed by atoms with Gasteiger partial charge in [-0.15, -0.1) is 0 Å². The van der Waals surface area contributed by atoms with Gasteiger partial charge in [0.2, 0.25) is 5.95 Å². The Kier molecular flexibility index (Phi) is 5.00. The van der Waals surface area contributed by atoms with Crippen LogP contribution >= 0.6 is 15.9 Å². The van der Waals surface area contributed by atoms with E-state index in [1.165, 1.54) is 0 Å². The number of hydrogen-bond donors (Lipinski definition) is 3. The van der Waals surface area contributed by atoms with Gasteiger partial charge in [-0.3, -0.25) is 0 Å². The van der Waals surface area contributed by atoms with Crippen molar-refractivity contribution >= 4 is 33.4 Å². The van der Waals surface area contributed by atoms with Crippen molar-refractivity contribution in [2.75, 3.05) is 23.7 Å². The molecule has 1 saturated heterocycles. The summed E-state index contributed by atoms with van der Waals surface area (Å²) < 4.78 is 0.833. The standard InChI is InChI=1S/C15H16BrN7/c16-13-9-20-15(22-12-2-1-11(7-17)19-8-12)23-14(13)21-10-3-5-18-6-4-10/h1-2,8-10,18H,3-6H2,(H2,20,21,22,23). The average Bonchev–Trinajstić information content (AvgIpc) is 2.59. The fourth-order valence-electron chi connectivity index (χ4n) is 2.35. The summed E-state index contributed by atoms with van der Waals surface area (Å²) in [5.74, 6) is 1.26. The van der Waals surface area contributed by atoms with Gasteiger partial charge in [-0.05, 0) is 54.0 Å². The van der Waals surface area contributed by atoms with E-state index in [-0.39, 0.29) is 0 Å². The molecule has 3 N–H and O–H groups in total. The maximum absolute atomic E-state index is 8.77. The highest BCUT2D eigenvalue weighted by atomic mass is 79.9. The Hall–Kier alpha value is -2.24. The first-order valence-corrected chi connectivity index (χ1v) is 8.17. The predicted octanol–water partition coefficient (Wildman–Crippen LogP) is 2.41. The summed E-state index contributed by atoms with van der Waals surface area (Å²) in [6.45, 7) is 2.03. The number of pyridine rings is 1. The Morgan fingerprint density at radius 1 is 1.22 bits per heavy atom. The molecule has 2 aromatic heterocycles. The summed E-state index contributed by atoms with van der Waals surface area (Å²) >= 11 is 3.48. The minimum absolute atomic E-state index is 0.375. The van der Waals surface area contributed by atoms with Gasteiger partial charge >= 0.3 is 0 Å². The van der Waals surface area contributed by atoms with Crippen LogP contribution in [0.2, 0.25) is 0 Å². The highest BCUT2D eigenvalue weighted by Gasteiger charge is 2.15. The van der Waals surface area contributed by atoms with Gasteiger partial charge in [0.1, 0.15) is 17.6 Å². The molecule has 8 heteroatoms. The van der Waals surface area contributed by atoms with Crippen LogP contribution in [0.15, 0.2) is 29.0 Å². The molecule has 0 radical (unpaired) electrons. The van der Waals surface area contributed by atoms with Crippen LogP contribution in [-0.4, -0.2) is 34.1 Å². The second-order valence-electron chi connectivity index (χ2n) is 5.23. The van der Waals surface area contributed by atoms with Crippen LogP contribution in [0, 0.1) is 11.3 Å². The molecule has 0 unspecified atom stereocenters. The number of nitrogens with zero attached hydrogens (tertiary/aromatic N) is 4. The maximum Gasteiger partial charge on any atom is 0.229 e. The second-order valence-corrected chi connectivity index (χ2v) is 6.08. The van der Waals surface area contributed by atoms with E-state index >= 15 is 0 Å². The van der Waals surface area contributed by atoms with Crippen LogP contribution < -0.4 is 16.0 Å². The van der Waals surface area contributed by atoms with Gasteiger partial charge in [0, 0.05) is 12.2 Å². The molecule has 3 rings (SSSR count). The fraction of sp³-hybridized carbons (Fsp3) is 0.333. The van der Waals surface area contributed by atoms with E-state index in [2.05, 4.69) is 46.8 Å². The van der Waals surface area contributed by atoms with E-state index in [1.807, 2.05) is 6.07 Å². The molecule has 23 heavy (non-hydrogen) atoms. The number of hydrogen-bond acceptors (Lipinski definition) is 7. The molecule has 1 aliphatic rings.